The fourth-order valence-corrected chi connectivity index (χ4v) is 3.81. The minimum atomic E-state index is -0.163. The fourth-order valence-electron chi connectivity index (χ4n) is 3.81. The molecule has 1 saturated heterocycles. The molecule has 2 aliphatic heterocycles. The lowest BCUT2D eigenvalue weighted by molar-refractivity contribution is -0.134. The molecule has 0 aliphatic carbocycles. The Morgan fingerprint density at radius 2 is 1.67 bits per heavy atom. The van der Waals surface area contributed by atoms with Crippen molar-refractivity contribution in [3.63, 3.8) is 0 Å². The monoisotopic (exact) mass is 411 g/mol. The number of rotatable bonds is 4. The molecule has 0 saturated carbocycles. The molecular formula is C22H25N3O5. The summed E-state index contributed by atoms with van der Waals surface area (Å²) in [4.78, 5) is 42.8. The number of fused-ring (bicyclic) bond motifs is 1. The number of furan rings is 1. The third-order valence-corrected chi connectivity index (χ3v) is 5.48. The summed E-state index contributed by atoms with van der Waals surface area (Å²) in [6, 6.07) is 9.07. The summed E-state index contributed by atoms with van der Waals surface area (Å²) in [5, 5.41) is 0. The second-order valence-corrected chi connectivity index (χ2v) is 7.52. The number of piperazine rings is 1. The molecule has 30 heavy (non-hydrogen) atoms. The Morgan fingerprint density at radius 1 is 0.933 bits per heavy atom. The minimum Gasteiger partial charge on any atom is -0.490 e. The number of anilines is 1. The number of benzene rings is 1. The fraction of sp³-hybridized carbons (Fsp3) is 0.409. The van der Waals surface area contributed by atoms with Crippen LogP contribution in [0.5, 0.6) is 5.75 Å². The smallest absolute Gasteiger partial charge is 0.289 e. The summed E-state index contributed by atoms with van der Waals surface area (Å²) in [7, 11) is 0. The Hall–Kier alpha value is -3.29. The zero-order chi connectivity index (χ0) is 21.1. The summed E-state index contributed by atoms with van der Waals surface area (Å²) < 4.78 is 10.8. The molecular weight excluding hydrogens is 386 g/mol. The summed E-state index contributed by atoms with van der Waals surface area (Å²) in [5.41, 5.74) is 1.82. The number of amides is 3. The molecule has 3 amide bonds. The number of nitrogens with zero attached hydrogens (tertiary/aromatic N) is 3. The van der Waals surface area contributed by atoms with Crippen LogP contribution in [0, 0.1) is 6.92 Å². The topological polar surface area (TPSA) is 83.3 Å². The van der Waals surface area contributed by atoms with Gasteiger partial charge in [-0.15, -0.1) is 0 Å². The largest absolute Gasteiger partial charge is 0.490 e. The first-order chi connectivity index (χ1) is 14.5. The summed E-state index contributed by atoms with van der Waals surface area (Å²) >= 11 is 0. The van der Waals surface area contributed by atoms with Crippen LogP contribution in [0.4, 0.5) is 5.69 Å². The van der Waals surface area contributed by atoms with Crippen LogP contribution in [0.25, 0.3) is 0 Å². The third kappa shape index (κ3) is 4.17. The maximum atomic E-state index is 12.8. The molecule has 3 heterocycles. The van der Waals surface area contributed by atoms with Crippen LogP contribution < -0.4 is 9.64 Å². The highest BCUT2D eigenvalue weighted by molar-refractivity contribution is 5.97. The van der Waals surface area contributed by atoms with E-state index in [4.69, 9.17) is 9.15 Å². The van der Waals surface area contributed by atoms with E-state index >= 15 is 0 Å². The van der Waals surface area contributed by atoms with Crippen molar-refractivity contribution >= 4 is 23.4 Å². The molecule has 2 aromatic rings. The molecule has 0 radical (unpaired) electrons. The normalized spacial score (nSPS) is 16.1. The molecule has 8 heteroatoms. The Bertz CT molecular complexity index is 932. The second kappa shape index (κ2) is 8.61. The van der Waals surface area contributed by atoms with E-state index in [1.165, 1.54) is 6.26 Å². The SMILES string of the molecule is Cc1ccc2c(c1)N(C(=O)CCC(=O)N1CCN(C(=O)c3ccco3)CC1)CCO2. The number of hydrogen-bond donors (Lipinski definition) is 0. The van der Waals surface area contributed by atoms with Crippen molar-refractivity contribution < 1.29 is 23.5 Å². The minimum absolute atomic E-state index is 0.0637. The molecule has 2 aliphatic rings. The van der Waals surface area contributed by atoms with Crippen molar-refractivity contribution in [3.8, 4) is 5.75 Å². The first-order valence-electron chi connectivity index (χ1n) is 10.2. The van der Waals surface area contributed by atoms with Crippen molar-refractivity contribution in [1.29, 1.82) is 0 Å². The lowest BCUT2D eigenvalue weighted by Gasteiger charge is -2.34. The van der Waals surface area contributed by atoms with Gasteiger partial charge >= 0.3 is 0 Å². The molecule has 4 rings (SSSR count). The zero-order valence-corrected chi connectivity index (χ0v) is 17.0. The number of aryl methyl sites for hydroxylation is 1. The highest BCUT2D eigenvalue weighted by atomic mass is 16.5. The summed E-state index contributed by atoms with van der Waals surface area (Å²) in [6.07, 6.45) is 1.78. The molecule has 0 atom stereocenters. The quantitative estimate of drug-likeness (QED) is 0.769. The van der Waals surface area contributed by atoms with Crippen molar-refractivity contribution in [2.75, 3.05) is 44.2 Å². The van der Waals surface area contributed by atoms with Crippen molar-refractivity contribution in [2.45, 2.75) is 19.8 Å². The maximum Gasteiger partial charge on any atom is 0.289 e. The Kier molecular flexibility index (Phi) is 5.74. The van der Waals surface area contributed by atoms with Crippen LogP contribution in [0.1, 0.15) is 29.0 Å². The number of hydrogen-bond acceptors (Lipinski definition) is 5. The molecule has 1 aromatic heterocycles. The molecule has 0 spiro atoms. The second-order valence-electron chi connectivity index (χ2n) is 7.52. The van der Waals surface area contributed by atoms with Gasteiger partial charge in [0.15, 0.2) is 5.76 Å². The molecule has 158 valence electrons. The maximum absolute atomic E-state index is 12.8. The predicted molar refractivity (Wildman–Crippen MR) is 109 cm³/mol. The van der Waals surface area contributed by atoms with Crippen molar-refractivity contribution in [2.24, 2.45) is 0 Å². The molecule has 0 bridgehead atoms. The van der Waals surface area contributed by atoms with Gasteiger partial charge in [-0.05, 0) is 36.8 Å². The van der Waals surface area contributed by atoms with E-state index < -0.39 is 0 Å². The Morgan fingerprint density at radius 3 is 2.40 bits per heavy atom. The van der Waals surface area contributed by atoms with E-state index in [1.807, 2.05) is 25.1 Å². The van der Waals surface area contributed by atoms with E-state index in [2.05, 4.69) is 0 Å². The number of ether oxygens (including phenoxy) is 1. The summed E-state index contributed by atoms with van der Waals surface area (Å²) in [6.45, 7) is 4.72. The molecule has 0 unspecified atom stereocenters. The van der Waals surface area contributed by atoms with Crippen LogP contribution in [-0.4, -0.2) is 66.9 Å². The molecule has 0 N–H and O–H groups in total. The Labute approximate surface area is 175 Å². The highest BCUT2D eigenvalue weighted by Gasteiger charge is 2.28. The average molecular weight is 411 g/mol. The lowest BCUT2D eigenvalue weighted by Crippen LogP contribution is -2.50. The number of carbonyl (C=O) groups excluding carboxylic acids is 3. The lowest BCUT2D eigenvalue weighted by atomic mass is 10.1. The summed E-state index contributed by atoms with van der Waals surface area (Å²) in [5.74, 6) is 0.699. The molecule has 1 aromatic carbocycles. The first-order valence-corrected chi connectivity index (χ1v) is 10.2. The standard InChI is InChI=1S/C22H25N3O5/c1-16-4-5-18-17(15-16)25(12-14-30-18)21(27)7-6-20(26)23-8-10-24(11-9-23)22(28)19-3-2-13-29-19/h2-5,13,15H,6-12,14H2,1H3. The average Bonchev–Trinajstić information content (AvgIpc) is 3.31. The van der Waals surface area contributed by atoms with Gasteiger partial charge in [0.1, 0.15) is 12.4 Å². The van der Waals surface area contributed by atoms with Crippen molar-refractivity contribution in [1.82, 2.24) is 9.80 Å². The van der Waals surface area contributed by atoms with Gasteiger partial charge in [-0.3, -0.25) is 14.4 Å². The van der Waals surface area contributed by atoms with Crippen LogP contribution in [0.2, 0.25) is 0 Å². The van der Waals surface area contributed by atoms with Gasteiger partial charge in [0.05, 0.1) is 18.5 Å². The van der Waals surface area contributed by atoms with Gasteiger partial charge in [0, 0.05) is 39.0 Å². The predicted octanol–water partition coefficient (Wildman–Crippen LogP) is 2.08. The van der Waals surface area contributed by atoms with Gasteiger partial charge in [-0.25, -0.2) is 0 Å². The van der Waals surface area contributed by atoms with Gasteiger partial charge in [0.25, 0.3) is 5.91 Å². The van der Waals surface area contributed by atoms with Crippen LogP contribution in [-0.2, 0) is 9.59 Å². The van der Waals surface area contributed by atoms with Gasteiger partial charge in [-0.2, -0.15) is 0 Å². The van der Waals surface area contributed by atoms with E-state index in [0.717, 1.165) is 11.3 Å². The highest BCUT2D eigenvalue weighted by Crippen LogP contribution is 2.32. The number of carbonyl (C=O) groups is 3. The first kappa shape index (κ1) is 20.0. The van der Waals surface area contributed by atoms with Crippen LogP contribution in [0.3, 0.4) is 0 Å². The van der Waals surface area contributed by atoms with Gasteiger partial charge < -0.3 is 23.9 Å². The van der Waals surface area contributed by atoms with E-state index in [9.17, 15) is 14.4 Å². The van der Waals surface area contributed by atoms with Crippen LogP contribution >= 0.6 is 0 Å². The van der Waals surface area contributed by atoms with Gasteiger partial charge in [0.2, 0.25) is 11.8 Å². The van der Waals surface area contributed by atoms with Crippen molar-refractivity contribution in [3.05, 3.63) is 47.9 Å². The van der Waals surface area contributed by atoms with Gasteiger partial charge in [-0.1, -0.05) is 6.07 Å². The zero-order valence-electron chi connectivity index (χ0n) is 17.0. The Balaban J connectivity index is 1.28. The van der Waals surface area contributed by atoms with Crippen LogP contribution in [0.15, 0.2) is 41.0 Å². The molecule has 8 nitrogen and oxygen atoms in total. The third-order valence-electron chi connectivity index (χ3n) is 5.48. The van der Waals surface area contributed by atoms with E-state index in [-0.39, 0.29) is 30.6 Å². The molecule has 1 fully saturated rings. The van der Waals surface area contributed by atoms with E-state index in [1.54, 1.807) is 26.8 Å². The van der Waals surface area contributed by atoms with E-state index in [0.29, 0.717) is 50.8 Å².